The molecule has 0 radical (unpaired) electrons. The van der Waals surface area contributed by atoms with Gasteiger partial charge in [0.2, 0.25) is 0 Å². The van der Waals surface area contributed by atoms with Crippen LogP contribution in [-0.2, 0) is 9.59 Å². The smallest absolute Gasteiger partial charge is 0.288 e. The van der Waals surface area contributed by atoms with Crippen LogP contribution in [0.1, 0.15) is 37.7 Å². The van der Waals surface area contributed by atoms with Crippen molar-refractivity contribution in [3.05, 3.63) is 85.8 Å². The maximum atomic E-state index is 13.3. The number of hydrogen-bond donors (Lipinski definition) is 2. The highest BCUT2D eigenvalue weighted by Gasteiger charge is 2.39. The zero-order valence-corrected chi connectivity index (χ0v) is 17.4. The number of amides is 1. The van der Waals surface area contributed by atoms with E-state index in [1.165, 1.54) is 12.1 Å². The zero-order valence-electron chi connectivity index (χ0n) is 16.6. The van der Waals surface area contributed by atoms with Gasteiger partial charge in [0, 0.05) is 47.1 Å². The fraction of sp³-hybridized carbons (Fsp3) is 0.227. The maximum Gasteiger partial charge on any atom is 0.288 e. The summed E-state index contributed by atoms with van der Waals surface area (Å²) in [6, 6.07) is 9.52. The lowest BCUT2D eigenvalue weighted by molar-refractivity contribution is -0.384. The molecular weight excluding hydrogens is 420 g/mol. The van der Waals surface area contributed by atoms with Crippen molar-refractivity contribution >= 4 is 34.8 Å². The second kappa shape index (κ2) is 8.31. The number of nitrogens with one attached hydrogen (secondary N) is 2. The number of nitro groups is 1. The minimum atomic E-state index is -0.747. The Morgan fingerprint density at radius 1 is 1.29 bits per heavy atom. The molecule has 2 N–H and O–H groups in total. The number of carbonyl (C=O) groups is 2. The van der Waals surface area contributed by atoms with E-state index in [-0.39, 0.29) is 16.5 Å². The standard InChI is InChI=1S/C22H19ClN4O4/c1-12-19(22(29)26-18-7-2-3-10-24-18)20(21-15(25-12)5-4-6-17(21)28)13-8-9-14(23)16(11-13)27(30)31/h2-3,7-11,20,25H,4-6H2,1H3,(H,24,26,29)/t20-/m0/s1. The summed E-state index contributed by atoms with van der Waals surface area (Å²) >= 11 is 6.00. The molecule has 0 saturated carbocycles. The highest BCUT2D eigenvalue weighted by Crippen LogP contribution is 2.43. The number of ketones is 1. The van der Waals surface area contributed by atoms with Crippen molar-refractivity contribution in [2.24, 2.45) is 0 Å². The molecule has 31 heavy (non-hydrogen) atoms. The van der Waals surface area contributed by atoms with E-state index in [1.54, 1.807) is 37.4 Å². The van der Waals surface area contributed by atoms with Crippen molar-refractivity contribution in [1.82, 2.24) is 10.3 Å². The highest BCUT2D eigenvalue weighted by molar-refractivity contribution is 6.32. The fourth-order valence-electron chi connectivity index (χ4n) is 4.09. The van der Waals surface area contributed by atoms with Crippen molar-refractivity contribution in [3.8, 4) is 0 Å². The largest absolute Gasteiger partial charge is 0.362 e. The van der Waals surface area contributed by atoms with Gasteiger partial charge < -0.3 is 10.6 Å². The van der Waals surface area contributed by atoms with Crippen molar-refractivity contribution in [3.63, 3.8) is 0 Å². The van der Waals surface area contributed by atoms with E-state index in [2.05, 4.69) is 15.6 Å². The lowest BCUT2D eigenvalue weighted by Gasteiger charge is -2.34. The Labute approximate surface area is 183 Å². The number of nitro benzene ring substituents is 1. The normalized spacial score (nSPS) is 18.4. The Bertz CT molecular complexity index is 1160. The molecule has 1 aromatic heterocycles. The molecule has 8 nitrogen and oxygen atoms in total. The van der Waals surface area contributed by atoms with Gasteiger partial charge in [0.25, 0.3) is 11.6 Å². The number of aromatic nitrogens is 1. The highest BCUT2D eigenvalue weighted by atomic mass is 35.5. The van der Waals surface area contributed by atoms with Gasteiger partial charge in [0.1, 0.15) is 10.8 Å². The van der Waals surface area contributed by atoms with Gasteiger partial charge in [0.05, 0.1) is 4.92 Å². The number of dihydropyridines is 1. The van der Waals surface area contributed by atoms with Crippen LogP contribution in [0.15, 0.2) is 65.1 Å². The summed E-state index contributed by atoms with van der Waals surface area (Å²) in [5.41, 5.74) is 2.32. The third-order valence-electron chi connectivity index (χ3n) is 5.43. The summed E-state index contributed by atoms with van der Waals surface area (Å²) < 4.78 is 0. The molecule has 1 aliphatic heterocycles. The van der Waals surface area contributed by atoms with Gasteiger partial charge >= 0.3 is 0 Å². The zero-order chi connectivity index (χ0) is 22.1. The van der Waals surface area contributed by atoms with E-state index in [0.29, 0.717) is 47.5 Å². The number of halogens is 1. The van der Waals surface area contributed by atoms with E-state index in [4.69, 9.17) is 11.6 Å². The SMILES string of the molecule is CC1=C(C(=O)Nc2ccccn2)[C@H](c2ccc(Cl)c([N+](=O)[O-])c2)C2=C(CCCC2=O)N1. The van der Waals surface area contributed by atoms with Crippen molar-refractivity contribution in [1.29, 1.82) is 0 Å². The van der Waals surface area contributed by atoms with Gasteiger partial charge in [0.15, 0.2) is 5.78 Å². The molecule has 1 aliphatic carbocycles. The Morgan fingerprint density at radius 3 is 2.81 bits per heavy atom. The third kappa shape index (κ3) is 3.94. The van der Waals surface area contributed by atoms with Gasteiger partial charge in [-0.15, -0.1) is 0 Å². The van der Waals surface area contributed by atoms with Crippen LogP contribution in [0.4, 0.5) is 11.5 Å². The van der Waals surface area contributed by atoms with Gasteiger partial charge in [-0.1, -0.05) is 23.7 Å². The maximum absolute atomic E-state index is 13.3. The Hall–Kier alpha value is -3.52. The van der Waals surface area contributed by atoms with Crippen LogP contribution in [0.5, 0.6) is 0 Å². The number of anilines is 1. The molecule has 0 saturated heterocycles. The quantitative estimate of drug-likeness (QED) is 0.544. The molecule has 9 heteroatoms. The summed E-state index contributed by atoms with van der Waals surface area (Å²) in [7, 11) is 0. The molecular formula is C22H19ClN4O4. The number of nitrogens with zero attached hydrogens (tertiary/aromatic N) is 2. The first kappa shape index (κ1) is 20.7. The first-order valence-corrected chi connectivity index (χ1v) is 10.1. The molecule has 0 bridgehead atoms. The average molecular weight is 439 g/mol. The number of benzene rings is 1. The number of carbonyl (C=O) groups excluding carboxylic acids is 2. The Balaban J connectivity index is 1.84. The van der Waals surface area contributed by atoms with Crippen LogP contribution >= 0.6 is 11.6 Å². The first-order chi connectivity index (χ1) is 14.9. The van der Waals surface area contributed by atoms with Crippen LogP contribution in [0, 0.1) is 10.1 Å². The summed E-state index contributed by atoms with van der Waals surface area (Å²) in [4.78, 5) is 41.2. The molecule has 0 unspecified atom stereocenters. The number of pyridine rings is 1. The van der Waals surface area contributed by atoms with Crippen molar-refractivity contribution in [2.45, 2.75) is 32.1 Å². The van der Waals surface area contributed by atoms with E-state index in [0.717, 1.165) is 5.70 Å². The van der Waals surface area contributed by atoms with E-state index < -0.39 is 16.7 Å². The van der Waals surface area contributed by atoms with Crippen LogP contribution < -0.4 is 10.6 Å². The van der Waals surface area contributed by atoms with Crippen LogP contribution in [0.25, 0.3) is 0 Å². The predicted octanol–water partition coefficient (Wildman–Crippen LogP) is 4.25. The van der Waals surface area contributed by atoms with Gasteiger partial charge in [-0.05, 0) is 43.5 Å². The molecule has 0 fully saturated rings. The van der Waals surface area contributed by atoms with Gasteiger partial charge in [-0.2, -0.15) is 0 Å². The van der Waals surface area contributed by atoms with E-state index in [1.807, 2.05) is 0 Å². The number of hydrogen-bond acceptors (Lipinski definition) is 6. The monoisotopic (exact) mass is 438 g/mol. The Kier molecular flexibility index (Phi) is 5.56. The molecule has 2 aliphatic rings. The second-order valence-electron chi connectivity index (χ2n) is 7.40. The molecule has 158 valence electrons. The molecule has 4 rings (SSSR count). The molecule has 1 amide bonds. The lowest BCUT2D eigenvalue weighted by atomic mass is 9.75. The minimum Gasteiger partial charge on any atom is -0.362 e. The summed E-state index contributed by atoms with van der Waals surface area (Å²) in [6.07, 6.45) is 3.29. The molecule has 2 aromatic rings. The molecule has 0 spiro atoms. The summed E-state index contributed by atoms with van der Waals surface area (Å²) in [5.74, 6) is -0.893. The number of Topliss-reactive ketones (excluding diaryl/α,β-unsaturated/α-hetero) is 1. The minimum absolute atomic E-state index is 0.00736. The summed E-state index contributed by atoms with van der Waals surface area (Å²) in [6.45, 7) is 1.76. The number of allylic oxidation sites excluding steroid dienone is 3. The molecule has 2 heterocycles. The average Bonchev–Trinajstić information content (AvgIpc) is 2.73. The van der Waals surface area contributed by atoms with Crippen LogP contribution in [0.3, 0.4) is 0 Å². The summed E-state index contributed by atoms with van der Waals surface area (Å²) in [5, 5.41) is 17.4. The topological polar surface area (TPSA) is 114 Å². The van der Waals surface area contributed by atoms with Gasteiger partial charge in [-0.3, -0.25) is 19.7 Å². The van der Waals surface area contributed by atoms with Crippen molar-refractivity contribution in [2.75, 3.05) is 5.32 Å². The first-order valence-electron chi connectivity index (χ1n) is 9.77. The van der Waals surface area contributed by atoms with Crippen LogP contribution in [-0.4, -0.2) is 21.6 Å². The van der Waals surface area contributed by atoms with Crippen molar-refractivity contribution < 1.29 is 14.5 Å². The van der Waals surface area contributed by atoms with E-state index in [9.17, 15) is 19.7 Å². The van der Waals surface area contributed by atoms with Crippen LogP contribution in [0.2, 0.25) is 5.02 Å². The molecule has 1 atom stereocenters. The predicted molar refractivity (Wildman–Crippen MR) is 115 cm³/mol. The lowest BCUT2D eigenvalue weighted by Crippen LogP contribution is -2.35. The number of rotatable bonds is 4. The fourth-order valence-corrected chi connectivity index (χ4v) is 4.27. The second-order valence-corrected chi connectivity index (χ2v) is 7.81. The van der Waals surface area contributed by atoms with E-state index >= 15 is 0 Å². The Morgan fingerprint density at radius 2 is 2.10 bits per heavy atom. The third-order valence-corrected chi connectivity index (χ3v) is 5.75. The molecule has 1 aromatic carbocycles. The van der Waals surface area contributed by atoms with Gasteiger partial charge in [-0.25, -0.2) is 4.98 Å².